The van der Waals surface area contributed by atoms with Crippen molar-refractivity contribution in [3.05, 3.63) is 90.4 Å². The number of benzene rings is 2. The zero-order valence-corrected chi connectivity index (χ0v) is 17.4. The summed E-state index contributed by atoms with van der Waals surface area (Å²) in [7, 11) is 0. The number of aromatic nitrogens is 3. The van der Waals surface area contributed by atoms with Crippen molar-refractivity contribution < 1.29 is 0 Å². The highest BCUT2D eigenvalue weighted by molar-refractivity contribution is 5.80. The van der Waals surface area contributed by atoms with Crippen LogP contribution in [-0.2, 0) is 0 Å². The topological polar surface area (TPSA) is 45.2 Å². The third-order valence-electron chi connectivity index (χ3n) is 6.64. The van der Waals surface area contributed by atoms with Crippen LogP contribution in [0, 0.1) is 0 Å². The minimum absolute atomic E-state index is 0.396. The molecule has 2 saturated heterocycles. The van der Waals surface area contributed by atoms with Gasteiger partial charge in [0.15, 0.2) is 5.82 Å². The summed E-state index contributed by atoms with van der Waals surface area (Å²) in [6.45, 7) is 3.92. The van der Waals surface area contributed by atoms with E-state index in [0.29, 0.717) is 11.8 Å². The number of fused-ring (bicyclic) bond motifs is 1. The van der Waals surface area contributed by atoms with Crippen LogP contribution in [0.15, 0.2) is 79.1 Å². The van der Waals surface area contributed by atoms with Gasteiger partial charge in [-0.2, -0.15) is 0 Å². The molecule has 2 aliphatic heterocycles. The molecule has 0 radical (unpaired) electrons. The van der Waals surface area contributed by atoms with Crippen molar-refractivity contribution in [3.63, 3.8) is 0 Å². The molecule has 0 saturated carbocycles. The van der Waals surface area contributed by atoms with E-state index in [0.717, 1.165) is 55.4 Å². The largest absolute Gasteiger partial charge is 0.355 e. The molecular weight excluding hydrogens is 382 g/mol. The van der Waals surface area contributed by atoms with E-state index in [1.165, 1.54) is 10.9 Å². The molecule has 0 spiro atoms. The molecule has 2 aromatic carbocycles. The summed E-state index contributed by atoms with van der Waals surface area (Å²) in [4.78, 5) is 19.1. The summed E-state index contributed by atoms with van der Waals surface area (Å²) in [5, 5.41) is 1.18. The number of pyridine rings is 1. The molecule has 0 aliphatic carbocycles. The van der Waals surface area contributed by atoms with Crippen molar-refractivity contribution in [3.8, 4) is 0 Å². The number of hydrogen-bond donors (Lipinski definition) is 0. The number of rotatable bonds is 4. The lowest BCUT2D eigenvalue weighted by Gasteiger charge is -2.40. The molecule has 6 rings (SSSR count). The molecule has 2 fully saturated rings. The van der Waals surface area contributed by atoms with E-state index >= 15 is 0 Å². The summed E-state index contributed by atoms with van der Waals surface area (Å²) in [6.07, 6.45) is 4.83. The van der Waals surface area contributed by atoms with E-state index in [2.05, 4.69) is 70.5 Å². The van der Waals surface area contributed by atoms with E-state index in [4.69, 9.17) is 15.0 Å². The number of para-hydroxylation sites is 1. The molecule has 5 nitrogen and oxygen atoms in total. The Bertz CT molecular complexity index is 1200. The lowest BCUT2D eigenvalue weighted by Crippen LogP contribution is -2.46. The van der Waals surface area contributed by atoms with Gasteiger partial charge in [-0.25, -0.2) is 9.97 Å². The predicted octanol–water partition coefficient (Wildman–Crippen LogP) is 4.62. The molecule has 154 valence electrons. The first-order valence-corrected chi connectivity index (χ1v) is 11.1. The molecule has 2 aromatic heterocycles. The maximum atomic E-state index is 4.85. The molecule has 4 heterocycles. The van der Waals surface area contributed by atoms with Crippen LogP contribution in [0.1, 0.15) is 29.5 Å². The third-order valence-corrected chi connectivity index (χ3v) is 6.64. The van der Waals surface area contributed by atoms with Gasteiger partial charge in [0.25, 0.3) is 0 Å². The second kappa shape index (κ2) is 7.65. The first-order valence-electron chi connectivity index (χ1n) is 11.1. The van der Waals surface area contributed by atoms with Gasteiger partial charge in [-0.3, -0.25) is 4.98 Å². The SMILES string of the molecule is c1ccc([C@@H]2CCN(c3nccnc3C3CN(c4ccc5ccccc5n4)C3)C2)cc1. The highest BCUT2D eigenvalue weighted by atomic mass is 15.3. The zero-order valence-electron chi connectivity index (χ0n) is 17.4. The predicted molar refractivity (Wildman–Crippen MR) is 125 cm³/mol. The average molecular weight is 408 g/mol. The molecule has 0 bridgehead atoms. The minimum Gasteiger partial charge on any atom is -0.355 e. The van der Waals surface area contributed by atoms with Gasteiger partial charge in [0, 0.05) is 55.8 Å². The van der Waals surface area contributed by atoms with Gasteiger partial charge in [0.2, 0.25) is 0 Å². The fraction of sp³-hybridized carbons (Fsp3) is 0.269. The van der Waals surface area contributed by atoms with Gasteiger partial charge in [-0.05, 0) is 30.2 Å². The van der Waals surface area contributed by atoms with Crippen LogP contribution in [0.3, 0.4) is 0 Å². The van der Waals surface area contributed by atoms with Crippen LogP contribution in [0.2, 0.25) is 0 Å². The summed E-state index contributed by atoms with van der Waals surface area (Å²) in [6, 6.07) is 23.4. The Hall–Kier alpha value is -3.47. The molecule has 0 N–H and O–H groups in total. The van der Waals surface area contributed by atoms with E-state index in [-0.39, 0.29) is 0 Å². The summed E-state index contributed by atoms with van der Waals surface area (Å²) < 4.78 is 0. The summed E-state index contributed by atoms with van der Waals surface area (Å²) in [5.74, 6) is 3.08. The van der Waals surface area contributed by atoms with Crippen LogP contribution in [0.25, 0.3) is 10.9 Å². The van der Waals surface area contributed by atoms with Crippen LogP contribution in [0.5, 0.6) is 0 Å². The molecule has 2 aliphatic rings. The van der Waals surface area contributed by atoms with Gasteiger partial charge in [-0.1, -0.05) is 48.5 Å². The Morgan fingerprint density at radius 3 is 2.39 bits per heavy atom. The molecule has 4 aromatic rings. The van der Waals surface area contributed by atoms with Crippen LogP contribution < -0.4 is 9.80 Å². The van der Waals surface area contributed by atoms with Crippen molar-refractivity contribution in [1.82, 2.24) is 15.0 Å². The molecule has 5 heteroatoms. The summed E-state index contributed by atoms with van der Waals surface area (Å²) >= 11 is 0. The highest BCUT2D eigenvalue weighted by Crippen LogP contribution is 2.37. The van der Waals surface area contributed by atoms with Gasteiger partial charge in [-0.15, -0.1) is 0 Å². The first-order chi connectivity index (χ1) is 15.3. The van der Waals surface area contributed by atoms with E-state index < -0.39 is 0 Å². The second-order valence-electron chi connectivity index (χ2n) is 8.57. The third kappa shape index (κ3) is 3.40. The monoisotopic (exact) mass is 407 g/mol. The van der Waals surface area contributed by atoms with Crippen molar-refractivity contribution >= 4 is 22.5 Å². The molecule has 0 unspecified atom stereocenters. The van der Waals surface area contributed by atoms with Gasteiger partial charge in [0.05, 0.1) is 11.2 Å². The van der Waals surface area contributed by atoms with Crippen molar-refractivity contribution in [1.29, 1.82) is 0 Å². The van der Waals surface area contributed by atoms with E-state index in [1.807, 2.05) is 18.5 Å². The Morgan fingerprint density at radius 1 is 0.710 bits per heavy atom. The quantitative estimate of drug-likeness (QED) is 0.494. The van der Waals surface area contributed by atoms with E-state index in [9.17, 15) is 0 Å². The van der Waals surface area contributed by atoms with Gasteiger partial charge < -0.3 is 9.80 Å². The van der Waals surface area contributed by atoms with Crippen molar-refractivity contribution in [2.24, 2.45) is 0 Å². The minimum atomic E-state index is 0.396. The molecular formula is C26H25N5. The molecule has 0 amide bonds. The Balaban J connectivity index is 1.18. The lowest BCUT2D eigenvalue weighted by atomic mass is 9.95. The number of hydrogen-bond acceptors (Lipinski definition) is 5. The Kier molecular flexibility index (Phi) is 4.52. The van der Waals surface area contributed by atoms with Crippen molar-refractivity contribution in [2.75, 3.05) is 36.0 Å². The normalized spacial score (nSPS) is 19.0. The van der Waals surface area contributed by atoms with Crippen LogP contribution >= 0.6 is 0 Å². The Labute approximate surface area is 182 Å². The van der Waals surface area contributed by atoms with Gasteiger partial charge >= 0.3 is 0 Å². The second-order valence-corrected chi connectivity index (χ2v) is 8.57. The van der Waals surface area contributed by atoms with Crippen LogP contribution in [-0.4, -0.2) is 41.1 Å². The fourth-order valence-electron chi connectivity index (χ4n) is 4.89. The zero-order chi connectivity index (χ0) is 20.6. The first kappa shape index (κ1) is 18.3. The smallest absolute Gasteiger partial charge is 0.150 e. The fourth-order valence-corrected chi connectivity index (χ4v) is 4.89. The Morgan fingerprint density at radius 2 is 1.48 bits per heavy atom. The van der Waals surface area contributed by atoms with Crippen LogP contribution in [0.4, 0.5) is 11.6 Å². The van der Waals surface area contributed by atoms with Gasteiger partial charge in [0.1, 0.15) is 5.82 Å². The highest BCUT2D eigenvalue weighted by Gasteiger charge is 2.35. The average Bonchev–Trinajstić information content (AvgIpc) is 3.29. The van der Waals surface area contributed by atoms with E-state index in [1.54, 1.807) is 0 Å². The number of nitrogens with zero attached hydrogens (tertiary/aromatic N) is 5. The van der Waals surface area contributed by atoms with Crippen molar-refractivity contribution in [2.45, 2.75) is 18.3 Å². The number of anilines is 2. The molecule has 31 heavy (non-hydrogen) atoms. The standard InChI is InChI=1S/C26H25N5/c1-2-6-19(7-3-1)21-12-15-30(16-21)26-25(27-13-14-28-26)22-17-31(18-22)24-11-10-20-8-4-5-9-23(20)29-24/h1-11,13-14,21-22H,12,15-18H2/t21-/m1/s1. The maximum absolute atomic E-state index is 4.85. The maximum Gasteiger partial charge on any atom is 0.150 e. The lowest BCUT2D eigenvalue weighted by molar-refractivity contribution is 0.507. The molecule has 1 atom stereocenters. The summed E-state index contributed by atoms with van der Waals surface area (Å²) in [5.41, 5.74) is 3.61.